The van der Waals surface area contributed by atoms with E-state index in [0.717, 1.165) is 22.0 Å². The van der Waals surface area contributed by atoms with E-state index in [9.17, 15) is 19.5 Å². The van der Waals surface area contributed by atoms with Crippen molar-refractivity contribution in [2.75, 3.05) is 7.05 Å². The summed E-state index contributed by atoms with van der Waals surface area (Å²) in [5.41, 5.74) is 1.82. The summed E-state index contributed by atoms with van der Waals surface area (Å²) >= 11 is 0. The van der Waals surface area contributed by atoms with Gasteiger partial charge in [-0.2, -0.15) is 0 Å². The lowest BCUT2D eigenvalue weighted by molar-refractivity contribution is -0.0000218. The Bertz CT molecular complexity index is 1590. The van der Waals surface area contributed by atoms with Crippen LogP contribution in [-0.4, -0.2) is 63.3 Å². The van der Waals surface area contributed by atoms with Crippen molar-refractivity contribution in [3.63, 3.8) is 0 Å². The number of carbonyl (C=O) groups is 1. The lowest BCUT2D eigenvalue weighted by Gasteiger charge is -2.40. The molecular weight excluding hydrogens is 462 g/mol. The Morgan fingerprint density at radius 2 is 1.86 bits per heavy atom. The summed E-state index contributed by atoms with van der Waals surface area (Å²) in [5, 5.41) is 11.4. The number of aliphatic hydroxyl groups excluding tert-OH is 1. The van der Waals surface area contributed by atoms with Crippen molar-refractivity contribution in [3.05, 3.63) is 57.3 Å². The summed E-state index contributed by atoms with van der Waals surface area (Å²) in [6.45, 7) is 4.15. The van der Waals surface area contributed by atoms with Gasteiger partial charge in [-0.25, -0.2) is 14.8 Å². The lowest BCUT2D eigenvalue weighted by Crippen LogP contribution is -2.50. The average Bonchev–Trinajstić information content (AvgIpc) is 3.50. The quantitative estimate of drug-likeness (QED) is 0.461. The largest absolute Gasteiger partial charge is 0.389 e. The van der Waals surface area contributed by atoms with Crippen LogP contribution in [0.2, 0.25) is 0 Å². The number of carbonyl (C=O) groups excluding carboxylic acids is 1. The Hall–Kier alpha value is -3.73. The van der Waals surface area contributed by atoms with Crippen molar-refractivity contribution in [3.8, 4) is 0 Å². The molecule has 11 heteroatoms. The third-order valence-corrected chi connectivity index (χ3v) is 7.51. The second-order valence-electron chi connectivity index (χ2n) is 9.95. The van der Waals surface area contributed by atoms with E-state index in [4.69, 9.17) is 0 Å². The third-order valence-electron chi connectivity index (χ3n) is 7.51. The predicted octanol–water partition coefficient (Wildman–Crippen LogP) is 1.59. The third kappa shape index (κ3) is 3.57. The number of hydrogen-bond donors (Lipinski definition) is 1. The van der Waals surface area contributed by atoms with E-state index in [2.05, 4.69) is 28.4 Å². The average molecular weight is 494 g/mol. The molecule has 5 rings (SSSR count). The number of hydrogen-bond acceptors (Lipinski definition) is 6. The number of imidazole rings is 2. The molecule has 1 aliphatic rings. The van der Waals surface area contributed by atoms with Crippen LogP contribution < -0.4 is 11.2 Å². The molecule has 0 radical (unpaired) electrons. The molecular formula is C25H31N7O4. The molecule has 3 heterocycles. The smallest absolute Gasteiger partial charge is 0.332 e. The number of aliphatic hydroxyl groups is 1. The fourth-order valence-electron chi connectivity index (χ4n) is 5.43. The van der Waals surface area contributed by atoms with Crippen LogP contribution in [0.25, 0.3) is 22.2 Å². The zero-order valence-corrected chi connectivity index (χ0v) is 21.1. The van der Waals surface area contributed by atoms with Gasteiger partial charge < -0.3 is 19.1 Å². The molecule has 0 spiro atoms. The maximum absolute atomic E-state index is 13.4. The summed E-state index contributed by atoms with van der Waals surface area (Å²) in [6.07, 6.45) is 4.40. The standard InChI is InChI=1S/C25H31N7O4/c1-14(2)31-12-26-16-11-15(9-10-17(16)31)23(34)28(3)18-7-6-8-19(21(18)33)32-13-27-20-22(32)29(4)25(36)30(5)24(20)35/h9-14,18-19,21,33H,6-8H2,1-5H3/t18-,19-,21-/m1/s1. The van der Waals surface area contributed by atoms with Gasteiger partial charge in [0.05, 0.1) is 41.9 Å². The highest BCUT2D eigenvalue weighted by Crippen LogP contribution is 2.33. The van der Waals surface area contributed by atoms with Gasteiger partial charge in [0.1, 0.15) is 5.65 Å². The number of rotatable bonds is 4. The van der Waals surface area contributed by atoms with E-state index in [1.54, 1.807) is 42.0 Å². The van der Waals surface area contributed by atoms with Crippen molar-refractivity contribution < 1.29 is 9.90 Å². The second-order valence-corrected chi connectivity index (χ2v) is 9.95. The zero-order chi connectivity index (χ0) is 25.9. The van der Waals surface area contributed by atoms with Crippen LogP contribution in [0.1, 0.15) is 55.6 Å². The maximum atomic E-state index is 13.4. The van der Waals surface area contributed by atoms with Crippen molar-refractivity contribution in [1.82, 2.24) is 33.1 Å². The minimum absolute atomic E-state index is 0.174. The van der Waals surface area contributed by atoms with Crippen molar-refractivity contribution in [2.24, 2.45) is 14.1 Å². The predicted molar refractivity (Wildman–Crippen MR) is 135 cm³/mol. The minimum atomic E-state index is -0.909. The Kier molecular flexibility index (Phi) is 5.82. The van der Waals surface area contributed by atoms with Gasteiger partial charge in [-0.05, 0) is 51.3 Å². The number of amides is 1. The topological polar surface area (TPSA) is 120 Å². The van der Waals surface area contributed by atoms with Gasteiger partial charge in [-0.3, -0.25) is 18.7 Å². The monoisotopic (exact) mass is 493 g/mol. The zero-order valence-electron chi connectivity index (χ0n) is 21.1. The number of nitrogens with zero attached hydrogens (tertiary/aromatic N) is 7. The van der Waals surface area contributed by atoms with Crippen molar-refractivity contribution in [2.45, 2.75) is 57.3 Å². The van der Waals surface area contributed by atoms with Crippen LogP contribution in [-0.2, 0) is 14.1 Å². The number of fused-ring (bicyclic) bond motifs is 2. The molecule has 1 saturated carbocycles. The SMILES string of the molecule is CC(C)n1cnc2cc(C(=O)N(C)[C@@H]3CCC[C@@H](n4cnc5c(=O)n(C)c(=O)n(C)c54)[C@@H]3O)ccc21. The maximum Gasteiger partial charge on any atom is 0.332 e. The van der Waals surface area contributed by atoms with Gasteiger partial charge in [0, 0.05) is 32.7 Å². The van der Waals surface area contributed by atoms with E-state index >= 15 is 0 Å². The number of aromatic nitrogens is 6. The molecule has 1 N–H and O–H groups in total. The van der Waals surface area contributed by atoms with Gasteiger partial charge in [0.15, 0.2) is 5.52 Å². The summed E-state index contributed by atoms with van der Waals surface area (Å²) in [4.78, 5) is 48.8. The number of likely N-dealkylation sites (N-methyl/N-ethyl adjacent to an activating group) is 1. The minimum Gasteiger partial charge on any atom is -0.389 e. The van der Waals surface area contributed by atoms with Crippen LogP contribution in [0.4, 0.5) is 0 Å². The summed E-state index contributed by atoms with van der Waals surface area (Å²) in [6, 6.07) is 4.86. The molecule has 3 atom stereocenters. The van der Waals surface area contributed by atoms with E-state index < -0.39 is 29.4 Å². The van der Waals surface area contributed by atoms with E-state index in [1.165, 1.54) is 17.9 Å². The molecule has 1 amide bonds. The molecule has 0 unspecified atom stereocenters. The molecule has 11 nitrogen and oxygen atoms in total. The van der Waals surface area contributed by atoms with Crippen LogP contribution in [0.5, 0.6) is 0 Å². The Morgan fingerprint density at radius 3 is 2.58 bits per heavy atom. The first-order chi connectivity index (χ1) is 17.1. The number of aryl methyl sites for hydroxylation is 1. The van der Waals surface area contributed by atoms with Crippen LogP contribution in [0, 0.1) is 0 Å². The van der Waals surface area contributed by atoms with Gasteiger partial charge >= 0.3 is 5.69 Å². The van der Waals surface area contributed by atoms with Gasteiger partial charge in [0.25, 0.3) is 11.5 Å². The Labute approximate surface area is 207 Å². The van der Waals surface area contributed by atoms with Crippen LogP contribution in [0.3, 0.4) is 0 Å². The molecule has 3 aromatic heterocycles. The first kappa shape index (κ1) is 24.0. The second kappa shape index (κ2) is 8.74. The molecule has 190 valence electrons. The summed E-state index contributed by atoms with van der Waals surface area (Å²) in [7, 11) is 4.70. The Balaban J connectivity index is 1.46. The fraction of sp³-hybridized carbons (Fsp3) is 0.480. The van der Waals surface area contributed by atoms with E-state index in [1.807, 2.05) is 6.07 Å². The molecule has 0 bridgehead atoms. The number of benzene rings is 1. The highest BCUT2D eigenvalue weighted by atomic mass is 16.3. The molecule has 4 aromatic rings. The van der Waals surface area contributed by atoms with Crippen LogP contribution >= 0.6 is 0 Å². The van der Waals surface area contributed by atoms with Gasteiger partial charge in [-0.15, -0.1) is 0 Å². The molecule has 36 heavy (non-hydrogen) atoms. The highest BCUT2D eigenvalue weighted by Gasteiger charge is 2.38. The van der Waals surface area contributed by atoms with E-state index in [0.29, 0.717) is 24.1 Å². The van der Waals surface area contributed by atoms with Gasteiger partial charge in [0.2, 0.25) is 0 Å². The molecule has 1 fully saturated rings. The molecule has 0 saturated heterocycles. The first-order valence-electron chi connectivity index (χ1n) is 12.2. The Morgan fingerprint density at radius 1 is 1.11 bits per heavy atom. The van der Waals surface area contributed by atoms with Gasteiger partial charge in [-0.1, -0.05) is 0 Å². The highest BCUT2D eigenvalue weighted by molar-refractivity contribution is 5.97. The lowest BCUT2D eigenvalue weighted by atomic mass is 9.86. The molecule has 1 aromatic carbocycles. The van der Waals surface area contributed by atoms with Crippen molar-refractivity contribution >= 4 is 28.1 Å². The summed E-state index contributed by atoms with van der Waals surface area (Å²) in [5.74, 6) is -0.197. The molecule has 0 aliphatic heterocycles. The van der Waals surface area contributed by atoms with E-state index in [-0.39, 0.29) is 17.5 Å². The molecule has 1 aliphatic carbocycles. The fourth-order valence-corrected chi connectivity index (χ4v) is 5.43. The summed E-state index contributed by atoms with van der Waals surface area (Å²) < 4.78 is 6.16. The normalized spacial score (nSPS) is 20.5. The van der Waals surface area contributed by atoms with Crippen LogP contribution in [0.15, 0.2) is 40.4 Å². The first-order valence-corrected chi connectivity index (χ1v) is 12.2. The van der Waals surface area contributed by atoms with Crippen molar-refractivity contribution in [1.29, 1.82) is 0 Å².